The van der Waals surface area contributed by atoms with Crippen LogP contribution < -0.4 is 0 Å². The van der Waals surface area contributed by atoms with E-state index in [0.717, 1.165) is 24.8 Å². The van der Waals surface area contributed by atoms with Crippen LogP contribution in [-0.4, -0.2) is 33.2 Å². The molecule has 27 heavy (non-hydrogen) atoms. The molecule has 1 aliphatic heterocycles. The molecule has 0 aliphatic carbocycles. The molecule has 1 N–H and O–H groups in total. The van der Waals surface area contributed by atoms with Crippen molar-refractivity contribution in [1.29, 1.82) is 0 Å². The van der Waals surface area contributed by atoms with Crippen LogP contribution in [0.2, 0.25) is 0 Å². The molecular formula is C22H24N2O3. The van der Waals surface area contributed by atoms with Gasteiger partial charge in [0, 0.05) is 18.3 Å². The van der Waals surface area contributed by atoms with E-state index in [4.69, 9.17) is 0 Å². The number of likely N-dealkylation sites (tertiary alicyclic amines) is 1. The van der Waals surface area contributed by atoms with Crippen molar-refractivity contribution >= 4 is 17.4 Å². The molecule has 1 fully saturated rings. The van der Waals surface area contributed by atoms with Gasteiger partial charge >= 0.3 is 0 Å². The van der Waals surface area contributed by atoms with E-state index >= 15 is 0 Å². The van der Waals surface area contributed by atoms with Crippen LogP contribution in [0.1, 0.15) is 49.0 Å². The number of Topliss-reactive ketones (excluding diaryl/α,β-unsaturated/α-hetero) is 1. The zero-order chi connectivity index (χ0) is 19.4. The van der Waals surface area contributed by atoms with Crippen LogP contribution in [0.15, 0.2) is 54.2 Å². The number of amides is 1. The Morgan fingerprint density at radius 1 is 1.11 bits per heavy atom. The van der Waals surface area contributed by atoms with Crippen molar-refractivity contribution < 1.29 is 14.7 Å². The number of pyridine rings is 1. The molecular weight excluding hydrogens is 340 g/mol. The largest absolute Gasteiger partial charge is 0.507 e. The Morgan fingerprint density at radius 3 is 2.48 bits per heavy atom. The first-order chi connectivity index (χ1) is 13.0. The number of aliphatic hydroxyl groups is 1. The van der Waals surface area contributed by atoms with Crippen LogP contribution in [-0.2, 0) is 9.59 Å². The van der Waals surface area contributed by atoms with E-state index in [0.29, 0.717) is 17.8 Å². The third-order valence-electron chi connectivity index (χ3n) is 4.84. The molecule has 0 radical (unpaired) electrons. The molecule has 2 aromatic rings. The first-order valence-corrected chi connectivity index (χ1v) is 9.31. The number of unbranched alkanes of at least 4 members (excludes halogenated alkanes) is 2. The minimum absolute atomic E-state index is 0.110. The van der Waals surface area contributed by atoms with Crippen LogP contribution in [0.25, 0.3) is 5.76 Å². The second-order valence-electron chi connectivity index (χ2n) is 6.82. The highest BCUT2D eigenvalue weighted by Crippen LogP contribution is 2.38. The quantitative estimate of drug-likeness (QED) is 0.364. The molecule has 1 aliphatic rings. The summed E-state index contributed by atoms with van der Waals surface area (Å²) in [6, 6.07) is 12.0. The van der Waals surface area contributed by atoms with Gasteiger partial charge in [0.25, 0.3) is 11.7 Å². The van der Waals surface area contributed by atoms with E-state index in [1.807, 2.05) is 25.1 Å². The lowest BCUT2D eigenvalue weighted by molar-refractivity contribution is -0.140. The van der Waals surface area contributed by atoms with Gasteiger partial charge < -0.3 is 10.0 Å². The van der Waals surface area contributed by atoms with E-state index in [1.54, 1.807) is 35.4 Å². The second-order valence-corrected chi connectivity index (χ2v) is 6.82. The van der Waals surface area contributed by atoms with E-state index in [-0.39, 0.29) is 11.3 Å². The summed E-state index contributed by atoms with van der Waals surface area (Å²) in [5.41, 5.74) is 2.27. The number of hydrogen-bond acceptors (Lipinski definition) is 4. The zero-order valence-electron chi connectivity index (χ0n) is 15.7. The monoisotopic (exact) mass is 364 g/mol. The fourth-order valence-electron chi connectivity index (χ4n) is 3.35. The van der Waals surface area contributed by atoms with Gasteiger partial charge in [-0.1, -0.05) is 55.7 Å². The summed E-state index contributed by atoms with van der Waals surface area (Å²) in [6.07, 6.45) is 4.42. The fraction of sp³-hybridized carbons (Fsp3) is 0.318. The van der Waals surface area contributed by atoms with Gasteiger partial charge in [-0.05, 0) is 25.5 Å². The predicted molar refractivity (Wildman–Crippen MR) is 104 cm³/mol. The minimum Gasteiger partial charge on any atom is -0.507 e. The lowest BCUT2D eigenvalue weighted by Crippen LogP contribution is -2.31. The normalized spacial score (nSPS) is 18.9. The number of nitrogens with zero attached hydrogens (tertiary/aromatic N) is 2. The Kier molecular flexibility index (Phi) is 5.69. The molecule has 1 amide bonds. The highest BCUT2D eigenvalue weighted by atomic mass is 16.3. The summed E-state index contributed by atoms with van der Waals surface area (Å²) in [7, 11) is 0. The number of rotatable bonds is 6. The molecule has 1 saturated heterocycles. The Bertz CT molecular complexity index is 857. The van der Waals surface area contributed by atoms with Gasteiger partial charge in [0.05, 0.1) is 11.3 Å². The Hall–Kier alpha value is -2.95. The molecule has 1 atom stereocenters. The standard InChI is InChI=1S/C22H24N2O3/c1-3-4-7-14-24-19(17-8-5-6-13-23-17)18(21(26)22(24)27)20(25)16-11-9-15(2)10-12-16/h5-6,8-13,19,25H,3-4,7,14H2,1-2H3/b20-18-. The third kappa shape index (κ3) is 3.77. The maximum absolute atomic E-state index is 12.8. The van der Waals surface area contributed by atoms with Crippen molar-refractivity contribution in [1.82, 2.24) is 9.88 Å². The summed E-state index contributed by atoms with van der Waals surface area (Å²) in [5, 5.41) is 10.9. The van der Waals surface area contributed by atoms with Crippen LogP contribution in [0.4, 0.5) is 0 Å². The number of benzene rings is 1. The van der Waals surface area contributed by atoms with Gasteiger partial charge in [0.2, 0.25) is 0 Å². The van der Waals surface area contributed by atoms with Gasteiger partial charge in [0.1, 0.15) is 11.8 Å². The lowest BCUT2D eigenvalue weighted by Gasteiger charge is -2.24. The van der Waals surface area contributed by atoms with E-state index in [9.17, 15) is 14.7 Å². The van der Waals surface area contributed by atoms with Crippen molar-refractivity contribution in [2.45, 2.75) is 39.2 Å². The first-order valence-electron chi connectivity index (χ1n) is 9.31. The maximum atomic E-state index is 12.8. The first kappa shape index (κ1) is 18.8. The molecule has 0 saturated carbocycles. The Balaban J connectivity index is 2.09. The number of aryl methyl sites for hydroxylation is 1. The molecule has 1 unspecified atom stereocenters. The summed E-state index contributed by atoms with van der Waals surface area (Å²) in [5.74, 6) is -1.38. The maximum Gasteiger partial charge on any atom is 0.295 e. The van der Waals surface area contributed by atoms with Gasteiger partial charge in [-0.15, -0.1) is 0 Å². The van der Waals surface area contributed by atoms with Crippen molar-refractivity contribution in [2.75, 3.05) is 6.54 Å². The zero-order valence-corrected chi connectivity index (χ0v) is 15.7. The molecule has 1 aromatic carbocycles. The van der Waals surface area contributed by atoms with Crippen molar-refractivity contribution in [3.63, 3.8) is 0 Å². The van der Waals surface area contributed by atoms with Crippen molar-refractivity contribution in [2.24, 2.45) is 0 Å². The average molecular weight is 364 g/mol. The topological polar surface area (TPSA) is 70.5 Å². The lowest BCUT2D eigenvalue weighted by atomic mass is 9.98. The van der Waals surface area contributed by atoms with Crippen LogP contribution in [0, 0.1) is 6.92 Å². The third-order valence-corrected chi connectivity index (χ3v) is 4.84. The number of hydrogen-bond donors (Lipinski definition) is 1. The highest BCUT2D eigenvalue weighted by Gasteiger charge is 2.46. The number of aliphatic hydroxyl groups excluding tert-OH is 1. The Morgan fingerprint density at radius 2 is 1.85 bits per heavy atom. The summed E-state index contributed by atoms with van der Waals surface area (Å²) >= 11 is 0. The van der Waals surface area contributed by atoms with Gasteiger partial charge in [-0.25, -0.2) is 0 Å². The van der Waals surface area contributed by atoms with Gasteiger partial charge in [-0.2, -0.15) is 0 Å². The van der Waals surface area contributed by atoms with E-state index < -0.39 is 17.7 Å². The molecule has 2 heterocycles. The van der Waals surface area contributed by atoms with Crippen LogP contribution >= 0.6 is 0 Å². The highest BCUT2D eigenvalue weighted by molar-refractivity contribution is 6.46. The van der Waals surface area contributed by atoms with Crippen molar-refractivity contribution in [3.05, 3.63) is 71.1 Å². The number of ketones is 1. The van der Waals surface area contributed by atoms with Gasteiger partial charge in [-0.3, -0.25) is 14.6 Å². The summed E-state index contributed by atoms with van der Waals surface area (Å²) < 4.78 is 0. The van der Waals surface area contributed by atoms with E-state index in [2.05, 4.69) is 11.9 Å². The molecule has 1 aromatic heterocycles. The summed E-state index contributed by atoms with van der Waals surface area (Å²) in [4.78, 5) is 31.4. The summed E-state index contributed by atoms with van der Waals surface area (Å²) in [6.45, 7) is 4.50. The van der Waals surface area contributed by atoms with E-state index in [1.165, 1.54) is 0 Å². The molecule has 5 nitrogen and oxygen atoms in total. The molecule has 3 rings (SSSR count). The van der Waals surface area contributed by atoms with Crippen molar-refractivity contribution in [3.8, 4) is 0 Å². The second kappa shape index (κ2) is 8.16. The smallest absolute Gasteiger partial charge is 0.295 e. The Labute approximate surface area is 159 Å². The molecule has 0 spiro atoms. The van der Waals surface area contributed by atoms with Crippen LogP contribution in [0.3, 0.4) is 0 Å². The molecule has 0 bridgehead atoms. The fourth-order valence-corrected chi connectivity index (χ4v) is 3.35. The number of carbonyl (C=O) groups excluding carboxylic acids is 2. The number of aromatic nitrogens is 1. The van der Waals surface area contributed by atoms with Gasteiger partial charge in [0.15, 0.2) is 0 Å². The number of carbonyl (C=O) groups is 2. The predicted octanol–water partition coefficient (Wildman–Crippen LogP) is 4.00. The molecule has 5 heteroatoms. The van der Waals surface area contributed by atoms with Crippen LogP contribution in [0.5, 0.6) is 0 Å². The SMILES string of the molecule is CCCCCN1C(=O)C(=O)/C(=C(\O)c2ccc(C)cc2)C1c1ccccn1. The minimum atomic E-state index is -0.663. The average Bonchev–Trinajstić information content (AvgIpc) is 2.94. The molecule has 140 valence electrons.